The molecule has 0 aliphatic heterocycles. The molecular formula is C18H23N3O3. The lowest BCUT2D eigenvalue weighted by atomic mass is 10.2. The fourth-order valence-electron chi connectivity index (χ4n) is 2.36. The Morgan fingerprint density at radius 3 is 2.54 bits per heavy atom. The molecule has 6 heteroatoms. The molecule has 2 N–H and O–H groups in total. The van der Waals surface area contributed by atoms with Crippen molar-refractivity contribution in [2.75, 3.05) is 17.7 Å². The Morgan fingerprint density at radius 1 is 1.21 bits per heavy atom. The van der Waals surface area contributed by atoms with E-state index in [2.05, 4.69) is 10.6 Å². The third-order valence-electron chi connectivity index (χ3n) is 3.84. The van der Waals surface area contributed by atoms with Crippen LogP contribution in [0.4, 0.5) is 11.4 Å². The number of hydrogen-bond donors (Lipinski definition) is 2. The number of anilines is 2. The van der Waals surface area contributed by atoms with Crippen molar-refractivity contribution < 1.29 is 14.3 Å². The van der Waals surface area contributed by atoms with Gasteiger partial charge in [-0.1, -0.05) is 6.92 Å². The average molecular weight is 329 g/mol. The second-order valence-electron chi connectivity index (χ2n) is 5.59. The van der Waals surface area contributed by atoms with Gasteiger partial charge in [-0.3, -0.25) is 9.59 Å². The minimum absolute atomic E-state index is 0.0625. The van der Waals surface area contributed by atoms with Crippen LogP contribution in [-0.2, 0) is 11.8 Å². The normalized spacial score (nSPS) is 10.3. The van der Waals surface area contributed by atoms with Gasteiger partial charge in [0.05, 0.1) is 18.4 Å². The molecule has 1 aromatic carbocycles. The van der Waals surface area contributed by atoms with Gasteiger partial charge >= 0.3 is 0 Å². The third-order valence-corrected chi connectivity index (χ3v) is 3.84. The minimum Gasteiger partial charge on any atom is -0.494 e. The first-order valence-corrected chi connectivity index (χ1v) is 7.87. The van der Waals surface area contributed by atoms with E-state index < -0.39 is 0 Å². The predicted molar refractivity (Wildman–Crippen MR) is 94.6 cm³/mol. The van der Waals surface area contributed by atoms with Crippen LogP contribution in [-0.4, -0.2) is 23.5 Å². The highest BCUT2D eigenvalue weighted by atomic mass is 16.5. The predicted octanol–water partition coefficient (Wildman–Crippen LogP) is 3.33. The van der Waals surface area contributed by atoms with E-state index in [1.165, 1.54) is 7.11 Å². The maximum Gasteiger partial charge on any atom is 0.257 e. The Morgan fingerprint density at radius 2 is 1.96 bits per heavy atom. The zero-order valence-electron chi connectivity index (χ0n) is 14.5. The lowest BCUT2D eigenvalue weighted by Crippen LogP contribution is -2.14. The van der Waals surface area contributed by atoms with Crippen LogP contribution in [0.3, 0.4) is 0 Å². The first kappa shape index (κ1) is 17.6. The Hall–Kier alpha value is -2.76. The van der Waals surface area contributed by atoms with Crippen LogP contribution >= 0.6 is 0 Å². The molecule has 2 rings (SSSR count). The Balaban J connectivity index is 2.15. The molecule has 6 nitrogen and oxygen atoms in total. The first-order valence-electron chi connectivity index (χ1n) is 7.87. The number of hydrogen-bond acceptors (Lipinski definition) is 3. The van der Waals surface area contributed by atoms with E-state index in [-0.39, 0.29) is 11.8 Å². The molecule has 0 fully saturated rings. The van der Waals surface area contributed by atoms with E-state index in [4.69, 9.17) is 4.74 Å². The molecule has 0 atom stereocenters. The monoisotopic (exact) mass is 329 g/mol. The number of ether oxygens (including phenoxy) is 1. The lowest BCUT2D eigenvalue weighted by molar-refractivity contribution is -0.116. The minimum atomic E-state index is -0.182. The molecule has 0 saturated heterocycles. The van der Waals surface area contributed by atoms with Crippen LogP contribution in [0.1, 0.15) is 35.8 Å². The number of nitrogens with zero attached hydrogens (tertiary/aromatic N) is 1. The first-order chi connectivity index (χ1) is 11.5. The van der Waals surface area contributed by atoms with Gasteiger partial charge in [-0.2, -0.15) is 0 Å². The molecule has 1 aromatic heterocycles. The summed E-state index contributed by atoms with van der Waals surface area (Å²) in [6.45, 7) is 3.84. The van der Waals surface area contributed by atoms with Crippen molar-refractivity contribution in [1.82, 2.24) is 4.57 Å². The summed E-state index contributed by atoms with van der Waals surface area (Å²) in [5.74, 6) is 0.257. The van der Waals surface area contributed by atoms with E-state index in [1.807, 2.05) is 31.7 Å². The van der Waals surface area contributed by atoms with Crippen LogP contribution < -0.4 is 15.4 Å². The second-order valence-corrected chi connectivity index (χ2v) is 5.59. The van der Waals surface area contributed by atoms with Gasteiger partial charge in [-0.15, -0.1) is 0 Å². The molecular weight excluding hydrogens is 306 g/mol. The lowest BCUT2D eigenvalue weighted by Gasteiger charge is -2.12. The number of rotatable bonds is 6. The number of aryl methyl sites for hydroxylation is 1. The van der Waals surface area contributed by atoms with Crippen molar-refractivity contribution in [2.45, 2.75) is 26.7 Å². The fraction of sp³-hybridized carbons (Fsp3) is 0.333. The number of carbonyl (C=O) groups is 2. The maximum atomic E-state index is 12.4. The summed E-state index contributed by atoms with van der Waals surface area (Å²) in [6.07, 6.45) is 3.07. The smallest absolute Gasteiger partial charge is 0.257 e. The Labute approximate surface area is 141 Å². The van der Waals surface area contributed by atoms with Crippen molar-refractivity contribution in [3.63, 3.8) is 0 Å². The zero-order chi connectivity index (χ0) is 17.7. The number of carbonyl (C=O) groups excluding carboxylic acids is 2. The highest BCUT2D eigenvalue weighted by molar-refractivity contribution is 6.05. The van der Waals surface area contributed by atoms with Gasteiger partial charge in [0, 0.05) is 37.1 Å². The SMILES string of the molecule is CCCC(=O)Nc1ccc(NC(=O)c2ccn(C)c2C)cc1OC. The highest BCUT2D eigenvalue weighted by Crippen LogP contribution is 2.28. The molecule has 0 bridgehead atoms. The van der Waals surface area contributed by atoms with E-state index in [0.29, 0.717) is 29.1 Å². The molecule has 128 valence electrons. The Kier molecular flexibility index (Phi) is 5.63. The van der Waals surface area contributed by atoms with Crippen molar-refractivity contribution in [2.24, 2.45) is 7.05 Å². The highest BCUT2D eigenvalue weighted by Gasteiger charge is 2.13. The maximum absolute atomic E-state index is 12.4. The van der Waals surface area contributed by atoms with Crippen LogP contribution in [0.5, 0.6) is 5.75 Å². The van der Waals surface area contributed by atoms with Gasteiger partial charge < -0.3 is 19.9 Å². The van der Waals surface area contributed by atoms with E-state index in [1.54, 1.807) is 24.3 Å². The van der Waals surface area contributed by atoms with E-state index >= 15 is 0 Å². The summed E-state index contributed by atoms with van der Waals surface area (Å²) >= 11 is 0. The molecule has 0 aliphatic rings. The fourth-order valence-corrected chi connectivity index (χ4v) is 2.36. The standard InChI is InChI=1S/C18H23N3O3/c1-5-6-17(22)20-15-8-7-13(11-16(15)24-4)19-18(23)14-9-10-21(3)12(14)2/h7-11H,5-6H2,1-4H3,(H,19,23)(H,20,22). The van der Waals surface area contributed by atoms with Crippen molar-refractivity contribution in [1.29, 1.82) is 0 Å². The number of amides is 2. The molecule has 24 heavy (non-hydrogen) atoms. The molecule has 0 unspecified atom stereocenters. The second kappa shape index (κ2) is 7.68. The number of benzene rings is 1. The number of nitrogens with one attached hydrogen (secondary N) is 2. The Bertz CT molecular complexity index is 750. The van der Waals surface area contributed by atoms with Gasteiger partial charge in [0.1, 0.15) is 5.75 Å². The summed E-state index contributed by atoms with van der Waals surface area (Å²) in [7, 11) is 3.42. The van der Waals surface area contributed by atoms with Crippen LogP contribution in [0, 0.1) is 6.92 Å². The average Bonchev–Trinajstić information content (AvgIpc) is 2.88. The summed E-state index contributed by atoms with van der Waals surface area (Å²) in [5, 5.41) is 5.65. The largest absolute Gasteiger partial charge is 0.494 e. The summed E-state index contributed by atoms with van der Waals surface area (Å²) in [5.41, 5.74) is 2.71. The van der Waals surface area contributed by atoms with Crippen molar-refractivity contribution in [3.8, 4) is 5.75 Å². The molecule has 0 spiro atoms. The van der Waals surface area contributed by atoms with Gasteiger partial charge in [-0.25, -0.2) is 0 Å². The summed E-state index contributed by atoms with van der Waals surface area (Å²) < 4.78 is 7.20. The van der Waals surface area contributed by atoms with Gasteiger partial charge in [0.2, 0.25) is 5.91 Å². The quantitative estimate of drug-likeness (QED) is 0.854. The van der Waals surface area contributed by atoms with Gasteiger partial charge in [0.25, 0.3) is 5.91 Å². The topological polar surface area (TPSA) is 72.4 Å². The third kappa shape index (κ3) is 3.95. The summed E-state index contributed by atoms with van der Waals surface area (Å²) in [6, 6.07) is 6.93. The van der Waals surface area contributed by atoms with E-state index in [0.717, 1.165) is 12.1 Å². The van der Waals surface area contributed by atoms with Crippen molar-refractivity contribution >= 4 is 23.2 Å². The number of aromatic nitrogens is 1. The van der Waals surface area contributed by atoms with Crippen LogP contribution in [0.25, 0.3) is 0 Å². The molecule has 2 aromatic rings. The molecule has 0 aliphatic carbocycles. The van der Waals surface area contributed by atoms with Crippen LogP contribution in [0.15, 0.2) is 30.5 Å². The van der Waals surface area contributed by atoms with Gasteiger partial charge in [0.15, 0.2) is 0 Å². The van der Waals surface area contributed by atoms with Crippen LogP contribution in [0.2, 0.25) is 0 Å². The molecule has 0 saturated carbocycles. The molecule has 1 heterocycles. The van der Waals surface area contributed by atoms with E-state index in [9.17, 15) is 9.59 Å². The van der Waals surface area contributed by atoms with Gasteiger partial charge in [-0.05, 0) is 31.5 Å². The molecule has 2 amide bonds. The van der Waals surface area contributed by atoms with Crippen molar-refractivity contribution in [3.05, 3.63) is 41.7 Å². The zero-order valence-corrected chi connectivity index (χ0v) is 14.5. The molecule has 0 radical (unpaired) electrons. The number of methoxy groups -OCH3 is 1. The summed E-state index contributed by atoms with van der Waals surface area (Å²) in [4.78, 5) is 24.1.